The van der Waals surface area contributed by atoms with Gasteiger partial charge in [0.2, 0.25) is 5.91 Å². The predicted octanol–water partition coefficient (Wildman–Crippen LogP) is 2.54. The molecule has 3 heterocycles. The van der Waals surface area contributed by atoms with E-state index in [2.05, 4.69) is 36.1 Å². The molecule has 0 atom stereocenters. The molecule has 166 valence electrons. The van der Waals surface area contributed by atoms with Crippen molar-refractivity contribution in [3.8, 4) is 0 Å². The zero-order valence-corrected chi connectivity index (χ0v) is 18.2. The first kappa shape index (κ1) is 21.8. The highest BCUT2D eigenvalue weighted by molar-refractivity contribution is 7.14. The molecule has 0 radical (unpaired) electrons. The van der Waals surface area contributed by atoms with Crippen molar-refractivity contribution >= 4 is 34.1 Å². The number of pyridine rings is 1. The Balaban J connectivity index is 1.35. The van der Waals surface area contributed by atoms with E-state index in [1.54, 1.807) is 36.8 Å². The van der Waals surface area contributed by atoms with Crippen molar-refractivity contribution in [2.24, 2.45) is 0 Å². The van der Waals surface area contributed by atoms with E-state index < -0.39 is 5.91 Å². The van der Waals surface area contributed by atoms with Gasteiger partial charge in [-0.2, -0.15) is 0 Å². The molecule has 4 rings (SSSR count). The molecular weight excluding hydrogens is 433 g/mol. The summed E-state index contributed by atoms with van der Waals surface area (Å²) >= 11 is 1.23. The normalized spacial score (nSPS) is 14.3. The lowest BCUT2D eigenvalue weighted by Gasteiger charge is -2.41. The lowest BCUT2D eigenvalue weighted by atomic mass is 9.66. The molecule has 1 aliphatic carbocycles. The van der Waals surface area contributed by atoms with Crippen LogP contribution >= 0.6 is 11.3 Å². The van der Waals surface area contributed by atoms with Crippen LogP contribution in [-0.2, 0) is 16.6 Å². The number of thiazole rings is 1. The topological polar surface area (TPSA) is 122 Å². The van der Waals surface area contributed by atoms with E-state index in [1.165, 1.54) is 17.4 Å². The quantitative estimate of drug-likeness (QED) is 0.477. The van der Waals surface area contributed by atoms with E-state index in [0.717, 1.165) is 19.3 Å². The van der Waals surface area contributed by atoms with Gasteiger partial charge in [-0.3, -0.25) is 19.9 Å². The molecule has 0 unspecified atom stereocenters. The van der Waals surface area contributed by atoms with Crippen LogP contribution in [0.3, 0.4) is 0 Å². The number of carbonyl (C=O) groups is 2. The van der Waals surface area contributed by atoms with Crippen LogP contribution in [0.15, 0.2) is 35.8 Å². The minimum atomic E-state index is -0.448. The second kappa shape index (κ2) is 9.35. The zero-order valence-electron chi connectivity index (χ0n) is 17.4. The Bertz CT molecular complexity index is 1120. The first-order valence-electron chi connectivity index (χ1n) is 10.1. The molecule has 9 nitrogen and oxygen atoms in total. The molecule has 1 fully saturated rings. The van der Waals surface area contributed by atoms with E-state index in [0.29, 0.717) is 28.9 Å². The Morgan fingerprint density at radius 1 is 1.22 bits per heavy atom. The number of hydrogen-bond acceptors (Lipinski definition) is 8. The number of hydrogen-bond donors (Lipinski definition) is 3. The lowest BCUT2D eigenvalue weighted by Crippen LogP contribution is -2.42. The molecule has 0 bridgehead atoms. The number of aromatic nitrogens is 4. The van der Waals surface area contributed by atoms with Crippen molar-refractivity contribution in [2.75, 3.05) is 24.2 Å². The van der Waals surface area contributed by atoms with Crippen LogP contribution in [0.2, 0.25) is 0 Å². The fourth-order valence-electron chi connectivity index (χ4n) is 3.54. The number of nitrogens with one attached hydrogen (secondary N) is 3. The van der Waals surface area contributed by atoms with Crippen LogP contribution in [0.4, 0.5) is 15.3 Å². The molecule has 1 saturated carbocycles. The van der Waals surface area contributed by atoms with E-state index >= 15 is 0 Å². The summed E-state index contributed by atoms with van der Waals surface area (Å²) in [4.78, 5) is 32.3. The smallest absolute Gasteiger partial charge is 0.277 e. The summed E-state index contributed by atoms with van der Waals surface area (Å²) < 4.78 is 14.2. The SMILES string of the molecule is CNC(=O)Cc1csc(NC(=O)c2ccc(NCC3(c4ncccc4F)CCC3)nn2)n1. The lowest BCUT2D eigenvalue weighted by molar-refractivity contribution is -0.120. The highest BCUT2D eigenvalue weighted by atomic mass is 32.1. The first-order chi connectivity index (χ1) is 15.5. The van der Waals surface area contributed by atoms with Gasteiger partial charge in [0.15, 0.2) is 10.8 Å². The molecule has 3 aromatic rings. The molecule has 0 aromatic carbocycles. The van der Waals surface area contributed by atoms with E-state index in [4.69, 9.17) is 0 Å². The van der Waals surface area contributed by atoms with Crippen LogP contribution < -0.4 is 16.0 Å². The van der Waals surface area contributed by atoms with Gasteiger partial charge in [0.1, 0.15) is 11.6 Å². The summed E-state index contributed by atoms with van der Waals surface area (Å²) in [6.07, 6.45) is 4.46. The standard InChI is InChI=1S/C21H22FN7O2S/c1-23-17(30)10-13-11-32-20(26-13)27-19(31)15-5-6-16(29-28-15)25-12-21(7-3-8-21)18-14(22)4-2-9-24-18/h2,4-6,9,11H,3,7-8,10,12H2,1H3,(H,23,30)(H,25,29)(H,26,27,31). The molecular formula is C21H22FN7O2S. The minimum absolute atomic E-state index is 0.132. The van der Waals surface area contributed by atoms with Crippen molar-refractivity contribution < 1.29 is 14.0 Å². The number of halogens is 1. The van der Waals surface area contributed by atoms with E-state index in [9.17, 15) is 14.0 Å². The second-order valence-corrected chi connectivity index (χ2v) is 8.43. The van der Waals surface area contributed by atoms with Crippen molar-refractivity contribution in [1.29, 1.82) is 0 Å². The van der Waals surface area contributed by atoms with Crippen LogP contribution in [0.1, 0.15) is 41.1 Å². The summed E-state index contributed by atoms with van der Waals surface area (Å²) in [6.45, 7) is 0.481. The maximum Gasteiger partial charge on any atom is 0.277 e. The Morgan fingerprint density at radius 2 is 2.06 bits per heavy atom. The molecule has 0 aliphatic heterocycles. The fourth-order valence-corrected chi connectivity index (χ4v) is 4.25. The molecule has 3 aromatic heterocycles. The van der Waals surface area contributed by atoms with Crippen LogP contribution in [0, 0.1) is 5.82 Å². The molecule has 32 heavy (non-hydrogen) atoms. The van der Waals surface area contributed by atoms with Crippen molar-refractivity contribution in [1.82, 2.24) is 25.5 Å². The molecule has 0 spiro atoms. The third kappa shape index (κ3) is 4.72. The number of rotatable bonds is 8. The second-order valence-electron chi connectivity index (χ2n) is 7.57. The number of nitrogens with zero attached hydrogens (tertiary/aromatic N) is 4. The van der Waals surface area contributed by atoms with Gasteiger partial charge in [0.25, 0.3) is 5.91 Å². The summed E-state index contributed by atoms with van der Waals surface area (Å²) in [5, 5.41) is 18.5. The van der Waals surface area contributed by atoms with Gasteiger partial charge in [-0.25, -0.2) is 9.37 Å². The molecule has 3 N–H and O–H groups in total. The molecule has 11 heteroatoms. The van der Waals surface area contributed by atoms with Gasteiger partial charge in [-0.1, -0.05) is 6.42 Å². The molecule has 2 amide bonds. The molecule has 1 aliphatic rings. The highest BCUT2D eigenvalue weighted by Crippen LogP contribution is 2.43. The van der Waals surface area contributed by atoms with E-state index in [1.807, 2.05) is 0 Å². The van der Waals surface area contributed by atoms with Crippen molar-refractivity contribution in [3.63, 3.8) is 0 Å². The van der Waals surface area contributed by atoms with Crippen LogP contribution in [-0.4, -0.2) is 45.6 Å². The Hall–Kier alpha value is -3.47. The van der Waals surface area contributed by atoms with E-state index in [-0.39, 0.29) is 29.3 Å². The number of likely N-dealkylation sites (N-methyl/N-ethyl adjacent to an activating group) is 1. The maximum absolute atomic E-state index is 14.2. The largest absolute Gasteiger partial charge is 0.368 e. The number of anilines is 2. The summed E-state index contributed by atoms with van der Waals surface area (Å²) in [6, 6.07) is 6.22. The summed E-state index contributed by atoms with van der Waals surface area (Å²) in [5.41, 5.74) is 0.819. The summed E-state index contributed by atoms with van der Waals surface area (Å²) in [7, 11) is 1.55. The van der Waals surface area contributed by atoms with Crippen molar-refractivity contribution in [3.05, 3.63) is 58.7 Å². The Morgan fingerprint density at radius 3 is 2.72 bits per heavy atom. The van der Waals surface area contributed by atoms with Gasteiger partial charge in [0.05, 0.1) is 17.8 Å². The fraction of sp³-hybridized carbons (Fsp3) is 0.333. The zero-order chi connectivity index (χ0) is 22.6. The average molecular weight is 456 g/mol. The Kier molecular flexibility index (Phi) is 6.35. The first-order valence-corrected chi connectivity index (χ1v) is 11.0. The highest BCUT2D eigenvalue weighted by Gasteiger charge is 2.41. The van der Waals surface area contributed by atoms with Gasteiger partial charge >= 0.3 is 0 Å². The Labute approximate surface area is 187 Å². The number of amides is 2. The van der Waals surface area contributed by atoms with Crippen molar-refractivity contribution in [2.45, 2.75) is 31.1 Å². The van der Waals surface area contributed by atoms with Gasteiger partial charge in [-0.05, 0) is 37.1 Å². The number of carbonyl (C=O) groups excluding carboxylic acids is 2. The third-order valence-electron chi connectivity index (χ3n) is 5.47. The average Bonchev–Trinajstić information content (AvgIpc) is 3.21. The monoisotopic (exact) mass is 455 g/mol. The predicted molar refractivity (Wildman–Crippen MR) is 118 cm³/mol. The van der Waals surface area contributed by atoms with Gasteiger partial charge < -0.3 is 10.6 Å². The van der Waals surface area contributed by atoms with Gasteiger partial charge in [-0.15, -0.1) is 21.5 Å². The van der Waals surface area contributed by atoms with Crippen LogP contribution in [0.5, 0.6) is 0 Å². The van der Waals surface area contributed by atoms with Gasteiger partial charge in [0, 0.05) is 30.6 Å². The third-order valence-corrected chi connectivity index (χ3v) is 6.28. The summed E-state index contributed by atoms with van der Waals surface area (Å²) in [5.74, 6) is -0.411. The maximum atomic E-state index is 14.2. The molecule has 0 saturated heterocycles. The van der Waals surface area contributed by atoms with Crippen LogP contribution in [0.25, 0.3) is 0 Å². The minimum Gasteiger partial charge on any atom is -0.368 e.